The van der Waals surface area contributed by atoms with E-state index in [2.05, 4.69) is 28.4 Å². The fourth-order valence-corrected chi connectivity index (χ4v) is 4.45. The normalized spacial score (nSPS) is 17.5. The number of nitrogens with one attached hydrogen (secondary N) is 1. The number of nitrogens with zero attached hydrogens (tertiary/aromatic N) is 3. The van der Waals surface area contributed by atoms with Gasteiger partial charge in [0.25, 0.3) is 5.91 Å². The van der Waals surface area contributed by atoms with Gasteiger partial charge in [0.05, 0.1) is 13.2 Å². The second-order valence-corrected chi connectivity index (χ2v) is 8.82. The third-order valence-corrected chi connectivity index (χ3v) is 6.38. The largest absolute Gasteiger partial charge is 0.379 e. The molecule has 2 aromatic rings. The molecule has 3 amide bonds. The van der Waals surface area contributed by atoms with Crippen LogP contribution in [0.4, 0.5) is 4.79 Å². The van der Waals surface area contributed by atoms with E-state index in [1.807, 2.05) is 47.1 Å². The van der Waals surface area contributed by atoms with Crippen LogP contribution >= 0.6 is 0 Å². The van der Waals surface area contributed by atoms with Gasteiger partial charge in [0.1, 0.15) is 0 Å². The summed E-state index contributed by atoms with van der Waals surface area (Å²) in [6.07, 6.45) is 0.776. The number of carbonyl (C=O) groups excluding carboxylic acids is 2. The van der Waals surface area contributed by atoms with Crippen LogP contribution < -0.4 is 5.32 Å². The maximum Gasteiger partial charge on any atom is 0.317 e. The van der Waals surface area contributed by atoms with E-state index in [1.54, 1.807) is 0 Å². The first-order chi connectivity index (χ1) is 16.1. The van der Waals surface area contributed by atoms with E-state index in [4.69, 9.17) is 4.74 Å². The highest BCUT2D eigenvalue weighted by atomic mass is 16.5. The number of morpholine rings is 1. The van der Waals surface area contributed by atoms with Gasteiger partial charge in [-0.1, -0.05) is 42.0 Å². The first kappa shape index (κ1) is 23.3. The van der Waals surface area contributed by atoms with E-state index in [1.165, 1.54) is 5.56 Å². The molecule has 0 aliphatic carbocycles. The summed E-state index contributed by atoms with van der Waals surface area (Å²) < 4.78 is 5.45. The molecule has 2 aliphatic rings. The lowest BCUT2D eigenvalue weighted by Gasteiger charge is -2.27. The van der Waals surface area contributed by atoms with Gasteiger partial charge in [-0.25, -0.2) is 4.79 Å². The Kier molecular flexibility index (Phi) is 7.96. The molecule has 0 bridgehead atoms. The first-order valence-electron chi connectivity index (χ1n) is 11.9. The van der Waals surface area contributed by atoms with Gasteiger partial charge in [-0.2, -0.15) is 0 Å². The van der Waals surface area contributed by atoms with Gasteiger partial charge >= 0.3 is 6.03 Å². The van der Waals surface area contributed by atoms with Crippen molar-refractivity contribution in [1.82, 2.24) is 20.0 Å². The standard InChI is InChI=1S/C26H34N4O3/c1-21-6-4-9-22(18-21)25(31)29-10-5-11-30(13-12-29)26(32)27-19-23-7-2-3-8-24(23)20-28-14-16-33-17-15-28/h2-4,6-9,18H,5,10-17,19-20H2,1H3,(H,27,32). The first-order valence-corrected chi connectivity index (χ1v) is 11.9. The summed E-state index contributed by atoms with van der Waals surface area (Å²) in [5.74, 6) is 0.0398. The molecule has 2 heterocycles. The molecule has 7 heteroatoms. The fraction of sp³-hybridized carbons (Fsp3) is 0.462. The summed E-state index contributed by atoms with van der Waals surface area (Å²) in [5, 5.41) is 3.10. The molecule has 0 spiro atoms. The minimum absolute atomic E-state index is 0.0398. The van der Waals surface area contributed by atoms with Gasteiger partial charge in [0.15, 0.2) is 0 Å². The van der Waals surface area contributed by atoms with Crippen LogP contribution in [-0.2, 0) is 17.8 Å². The van der Waals surface area contributed by atoms with Crippen LogP contribution in [-0.4, -0.2) is 79.1 Å². The molecule has 0 aromatic heterocycles. The Bertz CT molecular complexity index is 958. The monoisotopic (exact) mass is 450 g/mol. The van der Waals surface area contributed by atoms with E-state index in [0.29, 0.717) is 38.3 Å². The van der Waals surface area contributed by atoms with Gasteiger partial charge in [0.2, 0.25) is 0 Å². The van der Waals surface area contributed by atoms with Crippen LogP contribution in [0.5, 0.6) is 0 Å². The molecular formula is C26H34N4O3. The Morgan fingerprint density at radius 3 is 2.39 bits per heavy atom. The van der Waals surface area contributed by atoms with Crippen LogP contribution in [0.15, 0.2) is 48.5 Å². The van der Waals surface area contributed by atoms with Gasteiger partial charge in [-0.15, -0.1) is 0 Å². The van der Waals surface area contributed by atoms with E-state index >= 15 is 0 Å². The number of amides is 3. The maximum atomic E-state index is 12.9. The van der Waals surface area contributed by atoms with Crippen LogP contribution in [0.3, 0.4) is 0 Å². The topological polar surface area (TPSA) is 65.1 Å². The molecule has 33 heavy (non-hydrogen) atoms. The summed E-state index contributed by atoms with van der Waals surface area (Å²) in [7, 11) is 0. The van der Waals surface area contributed by atoms with Gasteiger partial charge < -0.3 is 19.9 Å². The quantitative estimate of drug-likeness (QED) is 0.761. The van der Waals surface area contributed by atoms with Crippen LogP contribution in [0.25, 0.3) is 0 Å². The zero-order valence-corrected chi connectivity index (χ0v) is 19.5. The van der Waals surface area contributed by atoms with Gasteiger partial charge in [-0.3, -0.25) is 9.69 Å². The lowest BCUT2D eigenvalue weighted by Crippen LogP contribution is -2.42. The number of rotatable bonds is 5. The Hall–Kier alpha value is -2.90. The lowest BCUT2D eigenvalue weighted by molar-refractivity contribution is 0.0340. The Morgan fingerprint density at radius 2 is 1.61 bits per heavy atom. The van der Waals surface area contributed by atoms with Crippen molar-refractivity contribution in [1.29, 1.82) is 0 Å². The van der Waals surface area contributed by atoms with Crippen molar-refractivity contribution < 1.29 is 14.3 Å². The molecule has 2 aromatic carbocycles. The van der Waals surface area contributed by atoms with E-state index in [0.717, 1.165) is 50.4 Å². The number of benzene rings is 2. The second kappa shape index (κ2) is 11.3. The predicted octanol–water partition coefficient (Wildman–Crippen LogP) is 2.88. The molecule has 2 fully saturated rings. The molecule has 0 radical (unpaired) electrons. The summed E-state index contributed by atoms with van der Waals surface area (Å²) in [4.78, 5) is 31.9. The number of urea groups is 1. The maximum absolute atomic E-state index is 12.9. The fourth-order valence-electron chi connectivity index (χ4n) is 4.45. The van der Waals surface area contributed by atoms with E-state index in [-0.39, 0.29) is 11.9 Å². The molecule has 0 atom stereocenters. The number of aryl methyl sites for hydroxylation is 1. The van der Waals surface area contributed by atoms with Crippen molar-refractivity contribution in [2.45, 2.75) is 26.4 Å². The highest BCUT2D eigenvalue weighted by molar-refractivity contribution is 5.94. The summed E-state index contributed by atoms with van der Waals surface area (Å²) in [6, 6.07) is 15.9. The zero-order valence-electron chi connectivity index (χ0n) is 19.5. The minimum Gasteiger partial charge on any atom is -0.379 e. The van der Waals surface area contributed by atoms with Crippen molar-refractivity contribution in [3.05, 3.63) is 70.8 Å². The zero-order chi connectivity index (χ0) is 23.0. The molecule has 0 unspecified atom stereocenters. The third-order valence-electron chi connectivity index (χ3n) is 6.38. The highest BCUT2D eigenvalue weighted by Gasteiger charge is 2.23. The summed E-state index contributed by atoms with van der Waals surface area (Å²) >= 11 is 0. The SMILES string of the molecule is Cc1cccc(C(=O)N2CCCN(C(=O)NCc3ccccc3CN3CCOCC3)CC2)c1. The summed E-state index contributed by atoms with van der Waals surface area (Å²) in [6.45, 7) is 9.19. The third kappa shape index (κ3) is 6.33. The predicted molar refractivity (Wildman–Crippen MR) is 128 cm³/mol. The Morgan fingerprint density at radius 1 is 0.879 bits per heavy atom. The van der Waals surface area contributed by atoms with Gasteiger partial charge in [0, 0.05) is 57.9 Å². The van der Waals surface area contributed by atoms with Crippen molar-refractivity contribution in [2.75, 3.05) is 52.5 Å². The lowest BCUT2D eigenvalue weighted by atomic mass is 10.1. The molecule has 0 saturated carbocycles. The average Bonchev–Trinajstić information content (AvgIpc) is 3.10. The minimum atomic E-state index is -0.0685. The van der Waals surface area contributed by atoms with Gasteiger partial charge in [-0.05, 0) is 36.6 Å². The number of hydrogen-bond acceptors (Lipinski definition) is 4. The second-order valence-electron chi connectivity index (χ2n) is 8.82. The Balaban J connectivity index is 1.30. The van der Waals surface area contributed by atoms with Crippen LogP contribution in [0.1, 0.15) is 33.5 Å². The molecule has 2 aliphatic heterocycles. The van der Waals surface area contributed by atoms with Crippen molar-refractivity contribution in [3.63, 3.8) is 0 Å². The number of hydrogen-bond donors (Lipinski definition) is 1. The molecule has 4 rings (SSSR count). The molecule has 1 N–H and O–H groups in total. The average molecular weight is 451 g/mol. The number of ether oxygens (including phenoxy) is 1. The van der Waals surface area contributed by atoms with E-state index in [9.17, 15) is 9.59 Å². The highest BCUT2D eigenvalue weighted by Crippen LogP contribution is 2.14. The smallest absolute Gasteiger partial charge is 0.317 e. The van der Waals surface area contributed by atoms with Crippen LogP contribution in [0, 0.1) is 6.92 Å². The van der Waals surface area contributed by atoms with Crippen molar-refractivity contribution in [2.24, 2.45) is 0 Å². The van der Waals surface area contributed by atoms with E-state index < -0.39 is 0 Å². The molecular weight excluding hydrogens is 416 g/mol. The molecule has 7 nitrogen and oxygen atoms in total. The molecule has 176 valence electrons. The van der Waals surface area contributed by atoms with Crippen molar-refractivity contribution in [3.8, 4) is 0 Å². The summed E-state index contributed by atoms with van der Waals surface area (Å²) in [5.41, 5.74) is 4.17. The van der Waals surface area contributed by atoms with Crippen molar-refractivity contribution >= 4 is 11.9 Å². The molecule has 2 saturated heterocycles. The Labute approximate surface area is 196 Å². The number of carbonyl (C=O) groups is 2. The van der Waals surface area contributed by atoms with Crippen LogP contribution in [0.2, 0.25) is 0 Å².